The van der Waals surface area contributed by atoms with E-state index in [-0.39, 0.29) is 0 Å². The van der Waals surface area contributed by atoms with Crippen LogP contribution in [0.3, 0.4) is 0 Å². The van der Waals surface area contributed by atoms with Gasteiger partial charge in [-0.3, -0.25) is 14.4 Å². The number of carbonyl (C=O) groups excluding carboxylic acids is 4. The maximum atomic E-state index is 11.3. The van der Waals surface area contributed by atoms with Crippen LogP contribution in [0.15, 0.2) is 0 Å². The molecule has 0 heterocycles. The molecule has 0 aromatic rings. The van der Waals surface area contributed by atoms with Crippen LogP contribution in [0, 0.1) is 0 Å². The highest BCUT2D eigenvalue weighted by molar-refractivity contribution is 5.97. The molecule has 1 atom stereocenters. The van der Waals surface area contributed by atoms with Gasteiger partial charge in [-0.2, -0.15) is 0 Å². The molecule has 17 heavy (non-hydrogen) atoms. The summed E-state index contributed by atoms with van der Waals surface area (Å²) in [6, 6.07) is 0. The van der Waals surface area contributed by atoms with E-state index >= 15 is 0 Å². The van der Waals surface area contributed by atoms with E-state index in [1.165, 1.54) is 0 Å². The SMILES string of the molecule is COC(=O)CC(=O)C[C@H](OC(C)=O)C(=O)OC. The second kappa shape index (κ2) is 7.37. The zero-order valence-corrected chi connectivity index (χ0v) is 9.85. The number of esters is 3. The Labute approximate surface area is 98.0 Å². The molecule has 0 spiro atoms. The topological polar surface area (TPSA) is 96.0 Å². The zero-order valence-electron chi connectivity index (χ0n) is 9.85. The van der Waals surface area contributed by atoms with Gasteiger partial charge in [0.15, 0.2) is 0 Å². The molecule has 0 fully saturated rings. The summed E-state index contributed by atoms with van der Waals surface area (Å²) in [7, 11) is 2.24. The number of ether oxygens (including phenoxy) is 3. The molecular weight excluding hydrogens is 232 g/mol. The maximum Gasteiger partial charge on any atom is 0.347 e. The Balaban J connectivity index is 4.42. The van der Waals surface area contributed by atoms with Crippen molar-refractivity contribution in [2.45, 2.75) is 25.9 Å². The first-order valence-corrected chi connectivity index (χ1v) is 4.74. The molecule has 0 aromatic carbocycles. The van der Waals surface area contributed by atoms with Crippen LogP contribution in [0.5, 0.6) is 0 Å². The molecular formula is C10H14O7. The fraction of sp³-hybridized carbons (Fsp3) is 0.600. The van der Waals surface area contributed by atoms with Gasteiger partial charge >= 0.3 is 17.9 Å². The van der Waals surface area contributed by atoms with Crippen molar-refractivity contribution in [2.75, 3.05) is 14.2 Å². The monoisotopic (exact) mass is 246 g/mol. The first kappa shape index (κ1) is 15.1. The summed E-state index contributed by atoms with van der Waals surface area (Å²) in [5.74, 6) is -2.86. The Bertz CT molecular complexity index is 321. The molecule has 0 aliphatic rings. The average molecular weight is 246 g/mol. The molecule has 0 bridgehead atoms. The van der Waals surface area contributed by atoms with Crippen molar-refractivity contribution in [1.82, 2.24) is 0 Å². The quantitative estimate of drug-likeness (QED) is 0.358. The van der Waals surface area contributed by atoms with Gasteiger partial charge in [0.2, 0.25) is 6.10 Å². The molecule has 7 nitrogen and oxygen atoms in total. The van der Waals surface area contributed by atoms with Crippen molar-refractivity contribution in [3.05, 3.63) is 0 Å². The fourth-order valence-corrected chi connectivity index (χ4v) is 1.02. The summed E-state index contributed by atoms with van der Waals surface area (Å²) >= 11 is 0. The Hall–Kier alpha value is -1.92. The van der Waals surface area contributed by atoms with Crippen molar-refractivity contribution >= 4 is 23.7 Å². The van der Waals surface area contributed by atoms with Crippen LogP contribution in [0.2, 0.25) is 0 Å². The molecule has 0 aliphatic carbocycles. The second-order valence-electron chi connectivity index (χ2n) is 3.12. The highest BCUT2D eigenvalue weighted by Crippen LogP contribution is 2.05. The number of rotatable bonds is 6. The predicted octanol–water partition coefficient (Wildman–Crippen LogP) is -0.387. The third-order valence-electron chi connectivity index (χ3n) is 1.75. The number of hydrogen-bond acceptors (Lipinski definition) is 7. The first-order chi connectivity index (χ1) is 7.90. The number of hydrogen-bond donors (Lipinski definition) is 0. The third-order valence-corrected chi connectivity index (χ3v) is 1.75. The minimum atomic E-state index is -1.32. The molecule has 0 N–H and O–H groups in total. The average Bonchev–Trinajstić information content (AvgIpc) is 2.26. The lowest BCUT2D eigenvalue weighted by atomic mass is 10.1. The predicted molar refractivity (Wildman–Crippen MR) is 53.8 cm³/mol. The smallest absolute Gasteiger partial charge is 0.347 e. The molecule has 0 saturated carbocycles. The van der Waals surface area contributed by atoms with Crippen LogP contribution in [0.4, 0.5) is 0 Å². The minimum absolute atomic E-state index is 0.415. The van der Waals surface area contributed by atoms with Gasteiger partial charge in [-0.1, -0.05) is 0 Å². The molecule has 0 aliphatic heterocycles. The van der Waals surface area contributed by atoms with E-state index in [0.717, 1.165) is 21.1 Å². The van der Waals surface area contributed by atoms with Crippen LogP contribution in [-0.2, 0) is 33.4 Å². The largest absolute Gasteiger partial charge is 0.469 e. The van der Waals surface area contributed by atoms with Gasteiger partial charge in [0, 0.05) is 6.92 Å². The summed E-state index contributed by atoms with van der Waals surface area (Å²) in [4.78, 5) is 44.0. The van der Waals surface area contributed by atoms with Gasteiger partial charge < -0.3 is 14.2 Å². The second-order valence-corrected chi connectivity index (χ2v) is 3.12. The number of methoxy groups -OCH3 is 2. The summed E-state index contributed by atoms with van der Waals surface area (Å²) < 4.78 is 13.2. The summed E-state index contributed by atoms with van der Waals surface area (Å²) in [6.45, 7) is 1.10. The van der Waals surface area contributed by atoms with Crippen LogP contribution in [-0.4, -0.2) is 44.0 Å². The zero-order chi connectivity index (χ0) is 13.4. The van der Waals surface area contributed by atoms with Crippen molar-refractivity contribution in [3.8, 4) is 0 Å². The van der Waals surface area contributed by atoms with Crippen molar-refractivity contribution in [2.24, 2.45) is 0 Å². The van der Waals surface area contributed by atoms with E-state index in [0.29, 0.717) is 0 Å². The van der Waals surface area contributed by atoms with Crippen molar-refractivity contribution in [1.29, 1.82) is 0 Å². The Kier molecular flexibility index (Phi) is 6.54. The highest BCUT2D eigenvalue weighted by atomic mass is 16.6. The molecule has 0 unspecified atom stereocenters. The minimum Gasteiger partial charge on any atom is -0.469 e. The van der Waals surface area contributed by atoms with E-state index in [9.17, 15) is 19.2 Å². The van der Waals surface area contributed by atoms with E-state index < -0.39 is 42.6 Å². The van der Waals surface area contributed by atoms with Crippen LogP contribution >= 0.6 is 0 Å². The van der Waals surface area contributed by atoms with E-state index in [1.54, 1.807) is 0 Å². The van der Waals surface area contributed by atoms with Crippen molar-refractivity contribution in [3.63, 3.8) is 0 Å². The van der Waals surface area contributed by atoms with Gasteiger partial charge in [-0.05, 0) is 0 Å². The van der Waals surface area contributed by atoms with E-state index in [1.807, 2.05) is 0 Å². The molecule has 96 valence electrons. The van der Waals surface area contributed by atoms with Crippen LogP contribution in [0.1, 0.15) is 19.8 Å². The lowest BCUT2D eigenvalue weighted by molar-refractivity contribution is -0.166. The van der Waals surface area contributed by atoms with E-state index in [4.69, 9.17) is 0 Å². The molecule has 7 heteroatoms. The lowest BCUT2D eigenvalue weighted by Gasteiger charge is -2.13. The van der Waals surface area contributed by atoms with Gasteiger partial charge in [0.05, 0.1) is 20.6 Å². The molecule has 0 radical (unpaired) electrons. The number of Topliss-reactive ketones (excluding diaryl/α,β-unsaturated/α-hetero) is 1. The summed E-state index contributed by atoms with van der Waals surface area (Å²) in [5.41, 5.74) is 0. The maximum absolute atomic E-state index is 11.3. The van der Waals surface area contributed by atoms with Crippen LogP contribution in [0.25, 0.3) is 0 Å². The van der Waals surface area contributed by atoms with Gasteiger partial charge in [0.1, 0.15) is 12.2 Å². The normalized spacial score (nSPS) is 11.2. The van der Waals surface area contributed by atoms with Gasteiger partial charge in [-0.25, -0.2) is 4.79 Å². The summed E-state index contributed by atoms with van der Waals surface area (Å²) in [5, 5.41) is 0. The van der Waals surface area contributed by atoms with Crippen LogP contribution < -0.4 is 0 Å². The molecule has 0 rings (SSSR count). The highest BCUT2D eigenvalue weighted by Gasteiger charge is 2.26. The Morgan fingerprint density at radius 1 is 1.06 bits per heavy atom. The van der Waals surface area contributed by atoms with Gasteiger partial charge in [-0.15, -0.1) is 0 Å². The first-order valence-electron chi connectivity index (χ1n) is 4.74. The Morgan fingerprint density at radius 3 is 2.06 bits per heavy atom. The summed E-state index contributed by atoms with van der Waals surface area (Å²) in [6.07, 6.45) is -2.22. The molecule has 0 aromatic heterocycles. The fourth-order valence-electron chi connectivity index (χ4n) is 1.02. The Morgan fingerprint density at radius 2 is 1.65 bits per heavy atom. The third kappa shape index (κ3) is 6.29. The number of carbonyl (C=O) groups is 4. The van der Waals surface area contributed by atoms with Gasteiger partial charge in [0.25, 0.3) is 0 Å². The standard InChI is InChI=1S/C10H14O7/c1-6(11)17-8(10(14)16-3)4-7(12)5-9(13)15-2/h8H,4-5H2,1-3H3/t8-/m0/s1. The van der Waals surface area contributed by atoms with Crippen molar-refractivity contribution < 1.29 is 33.4 Å². The molecule has 0 amide bonds. The number of ketones is 1. The van der Waals surface area contributed by atoms with E-state index in [2.05, 4.69) is 14.2 Å². The molecule has 0 saturated heterocycles. The lowest BCUT2D eigenvalue weighted by Crippen LogP contribution is -2.30.